The van der Waals surface area contributed by atoms with Gasteiger partial charge in [0, 0.05) is 23.2 Å². The fourth-order valence-corrected chi connectivity index (χ4v) is 3.87. The van der Waals surface area contributed by atoms with E-state index in [2.05, 4.69) is 4.98 Å². The Hall–Kier alpha value is -3.86. The summed E-state index contributed by atoms with van der Waals surface area (Å²) >= 11 is 0. The van der Waals surface area contributed by atoms with Crippen molar-refractivity contribution in [3.63, 3.8) is 0 Å². The average molecular weight is 427 g/mol. The normalized spacial score (nSPS) is 10.8. The zero-order valence-corrected chi connectivity index (χ0v) is 18.5. The lowest BCUT2D eigenvalue weighted by Crippen LogP contribution is -2.32. The highest BCUT2D eigenvalue weighted by Crippen LogP contribution is 2.22. The van der Waals surface area contributed by atoms with E-state index >= 15 is 0 Å². The zero-order chi connectivity index (χ0) is 22.7. The molecule has 0 unspecified atom stereocenters. The number of hydrogen-bond acceptors (Lipinski definition) is 3. The van der Waals surface area contributed by atoms with Gasteiger partial charge in [0.25, 0.3) is 11.5 Å². The Balaban J connectivity index is 1.74. The van der Waals surface area contributed by atoms with E-state index in [1.165, 1.54) is 0 Å². The Labute approximate surface area is 187 Å². The number of rotatable bonds is 6. The van der Waals surface area contributed by atoms with Gasteiger partial charge in [-0.15, -0.1) is 0 Å². The molecule has 1 N–H and O–H groups in total. The number of aromatic amines is 1. The molecule has 0 saturated carbocycles. The maximum absolute atomic E-state index is 13.5. The van der Waals surface area contributed by atoms with Crippen LogP contribution >= 0.6 is 0 Å². The molecule has 1 aromatic heterocycles. The van der Waals surface area contributed by atoms with Crippen LogP contribution in [0.4, 0.5) is 0 Å². The Morgan fingerprint density at radius 1 is 0.906 bits per heavy atom. The third kappa shape index (κ3) is 4.42. The number of amides is 1. The van der Waals surface area contributed by atoms with Crippen LogP contribution in [0.3, 0.4) is 0 Å². The summed E-state index contributed by atoms with van der Waals surface area (Å²) in [7, 11) is 1.61. The van der Waals surface area contributed by atoms with Crippen molar-refractivity contribution in [2.24, 2.45) is 0 Å². The summed E-state index contributed by atoms with van der Waals surface area (Å²) in [6, 6.07) is 22.9. The first-order valence-corrected chi connectivity index (χ1v) is 10.6. The van der Waals surface area contributed by atoms with Crippen molar-refractivity contribution in [1.82, 2.24) is 9.88 Å². The molecule has 5 nitrogen and oxygen atoms in total. The molecule has 0 radical (unpaired) electrons. The molecule has 1 amide bonds. The second kappa shape index (κ2) is 9.10. The van der Waals surface area contributed by atoms with Crippen LogP contribution in [0, 0.1) is 13.8 Å². The van der Waals surface area contributed by atoms with Gasteiger partial charge in [-0.05, 0) is 49.1 Å². The van der Waals surface area contributed by atoms with Gasteiger partial charge in [0.1, 0.15) is 5.75 Å². The van der Waals surface area contributed by atoms with Gasteiger partial charge in [0.15, 0.2) is 0 Å². The number of benzene rings is 3. The standard InChI is InChI=1S/C27H26N2O3/c1-18-11-13-20(14-12-18)27(31)29(16-22-8-4-5-10-24(22)32-3)17-23-15-21-9-6-7-19(2)25(21)28-26(23)30/h4-15H,16-17H2,1-3H3,(H,28,30). The topological polar surface area (TPSA) is 62.4 Å². The minimum Gasteiger partial charge on any atom is -0.496 e. The third-order valence-electron chi connectivity index (χ3n) is 5.67. The molecule has 0 aliphatic rings. The number of carbonyl (C=O) groups is 1. The van der Waals surface area contributed by atoms with Gasteiger partial charge in [-0.25, -0.2) is 0 Å². The van der Waals surface area contributed by atoms with Gasteiger partial charge in [-0.2, -0.15) is 0 Å². The summed E-state index contributed by atoms with van der Waals surface area (Å²) in [5.41, 5.74) is 4.73. The van der Waals surface area contributed by atoms with Crippen LogP contribution in [-0.2, 0) is 13.1 Å². The molecule has 0 saturated heterocycles. The van der Waals surface area contributed by atoms with Crippen molar-refractivity contribution in [2.75, 3.05) is 7.11 Å². The van der Waals surface area contributed by atoms with E-state index in [1.807, 2.05) is 86.6 Å². The van der Waals surface area contributed by atoms with Gasteiger partial charge in [0.2, 0.25) is 0 Å². The van der Waals surface area contributed by atoms with E-state index in [1.54, 1.807) is 12.0 Å². The number of ether oxygens (including phenoxy) is 1. The van der Waals surface area contributed by atoms with E-state index in [0.717, 1.165) is 27.6 Å². The number of pyridine rings is 1. The SMILES string of the molecule is COc1ccccc1CN(Cc1cc2cccc(C)c2[nH]c1=O)C(=O)c1ccc(C)cc1. The maximum Gasteiger partial charge on any atom is 0.254 e. The van der Waals surface area contributed by atoms with Crippen LogP contribution in [0.15, 0.2) is 77.6 Å². The molecule has 1 heterocycles. The van der Waals surface area contributed by atoms with Crippen molar-refractivity contribution in [3.8, 4) is 5.75 Å². The highest BCUT2D eigenvalue weighted by atomic mass is 16.5. The number of aromatic nitrogens is 1. The summed E-state index contributed by atoms with van der Waals surface area (Å²) in [6.45, 7) is 4.45. The molecule has 162 valence electrons. The summed E-state index contributed by atoms with van der Waals surface area (Å²) in [5.74, 6) is 0.567. The first-order chi connectivity index (χ1) is 15.5. The van der Waals surface area contributed by atoms with Crippen LogP contribution < -0.4 is 10.3 Å². The Bertz CT molecular complexity index is 1320. The lowest BCUT2D eigenvalue weighted by molar-refractivity contribution is 0.0728. The predicted octanol–water partition coefficient (Wildman–Crippen LogP) is 5.00. The molecular formula is C27H26N2O3. The number of H-pyrrole nitrogens is 1. The van der Waals surface area contributed by atoms with Crippen LogP contribution in [-0.4, -0.2) is 22.9 Å². The maximum atomic E-state index is 13.5. The summed E-state index contributed by atoms with van der Waals surface area (Å²) < 4.78 is 5.49. The van der Waals surface area contributed by atoms with E-state index in [-0.39, 0.29) is 18.0 Å². The van der Waals surface area contributed by atoms with Gasteiger partial charge in [0.05, 0.1) is 19.2 Å². The molecule has 32 heavy (non-hydrogen) atoms. The number of methoxy groups -OCH3 is 1. The second-order valence-corrected chi connectivity index (χ2v) is 8.00. The number of carbonyl (C=O) groups excluding carboxylic acids is 1. The molecule has 0 aliphatic heterocycles. The molecule has 4 aromatic rings. The zero-order valence-electron chi connectivity index (χ0n) is 18.5. The molecule has 0 atom stereocenters. The van der Waals surface area contributed by atoms with Crippen molar-refractivity contribution in [2.45, 2.75) is 26.9 Å². The van der Waals surface area contributed by atoms with Gasteiger partial charge >= 0.3 is 0 Å². The van der Waals surface area contributed by atoms with E-state index in [4.69, 9.17) is 4.74 Å². The minimum atomic E-state index is -0.187. The fourth-order valence-electron chi connectivity index (χ4n) is 3.87. The number of nitrogens with zero attached hydrogens (tertiary/aromatic N) is 1. The Morgan fingerprint density at radius 2 is 1.62 bits per heavy atom. The summed E-state index contributed by atoms with van der Waals surface area (Å²) in [5, 5.41) is 0.944. The van der Waals surface area contributed by atoms with Crippen LogP contribution in [0.2, 0.25) is 0 Å². The Kier molecular flexibility index (Phi) is 6.08. The fraction of sp³-hybridized carbons (Fsp3) is 0.185. The predicted molar refractivity (Wildman–Crippen MR) is 127 cm³/mol. The lowest BCUT2D eigenvalue weighted by Gasteiger charge is -2.24. The number of aryl methyl sites for hydroxylation is 2. The van der Waals surface area contributed by atoms with Crippen molar-refractivity contribution in [1.29, 1.82) is 0 Å². The molecular weight excluding hydrogens is 400 g/mol. The average Bonchev–Trinajstić information content (AvgIpc) is 2.80. The molecule has 5 heteroatoms. The highest BCUT2D eigenvalue weighted by molar-refractivity contribution is 5.94. The smallest absolute Gasteiger partial charge is 0.254 e. The molecule has 4 rings (SSSR count). The molecule has 0 fully saturated rings. The Morgan fingerprint density at radius 3 is 2.38 bits per heavy atom. The summed E-state index contributed by atoms with van der Waals surface area (Å²) in [6.07, 6.45) is 0. The number of hydrogen-bond donors (Lipinski definition) is 1. The quantitative estimate of drug-likeness (QED) is 0.472. The van der Waals surface area contributed by atoms with Crippen molar-refractivity contribution < 1.29 is 9.53 Å². The van der Waals surface area contributed by atoms with E-state index < -0.39 is 0 Å². The lowest BCUT2D eigenvalue weighted by atomic mass is 10.1. The molecule has 0 aliphatic carbocycles. The van der Waals surface area contributed by atoms with Crippen LogP contribution in [0.25, 0.3) is 10.9 Å². The van der Waals surface area contributed by atoms with Crippen molar-refractivity contribution in [3.05, 3.63) is 111 Å². The van der Waals surface area contributed by atoms with E-state index in [9.17, 15) is 9.59 Å². The van der Waals surface area contributed by atoms with Crippen molar-refractivity contribution >= 4 is 16.8 Å². The van der Waals surface area contributed by atoms with Gasteiger partial charge in [-0.1, -0.05) is 54.1 Å². The van der Waals surface area contributed by atoms with Gasteiger partial charge in [-0.3, -0.25) is 9.59 Å². The first-order valence-electron chi connectivity index (χ1n) is 10.6. The molecule has 0 spiro atoms. The second-order valence-electron chi connectivity index (χ2n) is 8.00. The van der Waals surface area contributed by atoms with Crippen LogP contribution in [0.1, 0.15) is 32.6 Å². The minimum absolute atomic E-state index is 0.139. The van der Waals surface area contributed by atoms with E-state index in [0.29, 0.717) is 23.4 Å². The monoisotopic (exact) mass is 426 g/mol. The number of para-hydroxylation sites is 2. The summed E-state index contributed by atoms with van der Waals surface area (Å²) in [4.78, 5) is 31.0. The van der Waals surface area contributed by atoms with Gasteiger partial charge < -0.3 is 14.6 Å². The molecule has 3 aromatic carbocycles. The largest absolute Gasteiger partial charge is 0.496 e. The number of nitrogens with one attached hydrogen (secondary N) is 1. The number of fused-ring (bicyclic) bond motifs is 1. The highest BCUT2D eigenvalue weighted by Gasteiger charge is 2.20. The third-order valence-corrected chi connectivity index (χ3v) is 5.67. The van der Waals surface area contributed by atoms with Crippen LogP contribution in [0.5, 0.6) is 5.75 Å². The molecule has 0 bridgehead atoms. The first kappa shape index (κ1) is 21.4.